The van der Waals surface area contributed by atoms with Crippen molar-refractivity contribution in [2.24, 2.45) is 0 Å². The molecule has 1 aliphatic rings. The number of H-pyrrole nitrogens is 1. The molecule has 1 aromatic carbocycles. The van der Waals surface area contributed by atoms with Crippen LogP contribution in [0.2, 0.25) is 0 Å². The van der Waals surface area contributed by atoms with Gasteiger partial charge in [0, 0.05) is 6.54 Å². The highest BCUT2D eigenvalue weighted by Gasteiger charge is 2.20. The summed E-state index contributed by atoms with van der Waals surface area (Å²) >= 11 is 0. The van der Waals surface area contributed by atoms with E-state index in [0.717, 1.165) is 36.1 Å². The van der Waals surface area contributed by atoms with Crippen LogP contribution >= 0.6 is 0 Å². The van der Waals surface area contributed by atoms with E-state index < -0.39 is 0 Å². The fourth-order valence-corrected chi connectivity index (χ4v) is 2.51. The van der Waals surface area contributed by atoms with Gasteiger partial charge in [-0.05, 0) is 31.5 Å². The highest BCUT2D eigenvalue weighted by Crippen LogP contribution is 2.21. The molecule has 1 atom stereocenters. The molecule has 84 valence electrons. The first kappa shape index (κ1) is 9.66. The van der Waals surface area contributed by atoms with Crippen LogP contribution in [0.3, 0.4) is 0 Å². The number of aromatic nitrogens is 2. The van der Waals surface area contributed by atoms with Crippen LogP contribution in [0.1, 0.15) is 18.0 Å². The molecule has 2 N–H and O–H groups in total. The maximum Gasteiger partial charge on any atom is 0.326 e. The highest BCUT2D eigenvalue weighted by molar-refractivity contribution is 5.78. The van der Waals surface area contributed by atoms with Crippen LogP contribution in [0, 0.1) is 6.92 Å². The first-order chi connectivity index (χ1) is 7.77. The van der Waals surface area contributed by atoms with Crippen molar-refractivity contribution in [1.82, 2.24) is 14.9 Å². The molecule has 2 aromatic rings. The van der Waals surface area contributed by atoms with Crippen molar-refractivity contribution >= 4 is 11.0 Å². The molecule has 0 saturated carbocycles. The van der Waals surface area contributed by atoms with E-state index in [-0.39, 0.29) is 5.69 Å². The summed E-state index contributed by atoms with van der Waals surface area (Å²) in [6.45, 7) is 3.91. The van der Waals surface area contributed by atoms with Gasteiger partial charge in [0.15, 0.2) is 0 Å². The maximum absolute atomic E-state index is 12.0. The Morgan fingerprint density at radius 2 is 2.31 bits per heavy atom. The largest absolute Gasteiger partial charge is 0.326 e. The Kier molecular flexibility index (Phi) is 2.11. The van der Waals surface area contributed by atoms with E-state index in [4.69, 9.17) is 0 Å². The molecule has 0 aliphatic carbocycles. The third kappa shape index (κ3) is 1.30. The van der Waals surface area contributed by atoms with Crippen LogP contribution in [0.25, 0.3) is 11.0 Å². The van der Waals surface area contributed by atoms with E-state index in [1.807, 2.05) is 29.7 Å². The molecule has 0 bridgehead atoms. The number of nitrogens with zero attached hydrogens (tertiary/aromatic N) is 1. The first-order valence-electron chi connectivity index (χ1n) is 5.68. The summed E-state index contributed by atoms with van der Waals surface area (Å²) in [4.78, 5) is 14.9. The van der Waals surface area contributed by atoms with Gasteiger partial charge in [0.1, 0.15) is 0 Å². The number of aromatic amines is 1. The zero-order valence-corrected chi connectivity index (χ0v) is 9.29. The van der Waals surface area contributed by atoms with E-state index in [9.17, 15) is 4.79 Å². The molecule has 16 heavy (non-hydrogen) atoms. The Morgan fingerprint density at radius 3 is 3.06 bits per heavy atom. The zero-order valence-electron chi connectivity index (χ0n) is 9.29. The number of para-hydroxylation sites is 1. The minimum atomic E-state index is 0.0120. The monoisotopic (exact) mass is 217 g/mol. The van der Waals surface area contributed by atoms with Crippen molar-refractivity contribution in [1.29, 1.82) is 0 Å². The first-order valence-corrected chi connectivity index (χ1v) is 5.68. The number of hydrogen-bond acceptors (Lipinski definition) is 2. The third-order valence-corrected chi connectivity index (χ3v) is 3.36. The molecule has 1 saturated heterocycles. The summed E-state index contributed by atoms with van der Waals surface area (Å²) in [7, 11) is 0. The van der Waals surface area contributed by atoms with Gasteiger partial charge in [-0.15, -0.1) is 0 Å². The van der Waals surface area contributed by atoms with Crippen molar-refractivity contribution < 1.29 is 0 Å². The van der Waals surface area contributed by atoms with Crippen molar-refractivity contribution in [2.75, 3.05) is 13.1 Å². The van der Waals surface area contributed by atoms with Gasteiger partial charge in [0.05, 0.1) is 17.1 Å². The lowest BCUT2D eigenvalue weighted by Gasteiger charge is -2.10. The SMILES string of the molecule is Cc1cccc2c1[nH]c(=O)n2C1CCNC1. The highest BCUT2D eigenvalue weighted by atomic mass is 16.1. The van der Waals surface area contributed by atoms with Crippen molar-refractivity contribution in [3.63, 3.8) is 0 Å². The fraction of sp³-hybridized carbons (Fsp3) is 0.417. The second-order valence-electron chi connectivity index (χ2n) is 4.42. The maximum atomic E-state index is 12.0. The molecule has 1 unspecified atom stereocenters. The molecule has 1 aromatic heterocycles. The number of hydrogen-bond donors (Lipinski definition) is 2. The second-order valence-corrected chi connectivity index (χ2v) is 4.42. The lowest BCUT2D eigenvalue weighted by atomic mass is 10.2. The normalized spacial score (nSPS) is 20.7. The van der Waals surface area contributed by atoms with Crippen molar-refractivity contribution in [3.8, 4) is 0 Å². The molecule has 2 heterocycles. The summed E-state index contributed by atoms with van der Waals surface area (Å²) in [6.07, 6.45) is 1.03. The molecule has 0 amide bonds. The molecule has 0 radical (unpaired) electrons. The van der Waals surface area contributed by atoms with Crippen LogP contribution < -0.4 is 11.0 Å². The Hall–Kier alpha value is -1.55. The minimum absolute atomic E-state index is 0.0120. The summed E-state index contributed by atoms with van der Waals surface area (Å²) in [5.74, 6) is 0. The predicted octanol–water partition coefficient (Wildman–Crippen LogP) is 1.17. The standard InChI is InChI=1S/C12H15N3O/c1-8-3-2-4-10-11(8)14-12(16)15(10)9-5-6-13-7-9/h2-4,9,13H,5-7H2,1H3,(H,14,16). The van der Waals surface area contributed by atoms with Gasteiger partial charge in [-0.3, -0.25) is 4.57 Å². The Labute approximate surface area is 93.3 Å². The molecule has 3 rings (SSSR count). The number of nitrogens with one attached hydrogen (secondary N) is 2. The van der Waals surface area contributed by atoms with Gasteiger partial charge in [0.25, 0.3) is 0 Å². The molecule has 4 heteroatoms. The Morgan fingerprint density at radius 1 is 1.44 bits per heavy atom. The number of benzene rings is 1. The van der Waals surface area contributed by atoms with Crippen molar-refractivity contribution in [3.05, 3.63) is 34.2 Å². The number of aryl methyl sites for hydroxylation is 1. The van der Waals surface area contributed by atoms with Gasteiger partial charge in [-0.1, -0.05) is 12.1 Å². The van der Waals surface area contributed by atoms with Crippen LogP contribution in [-0.4, -0.2) is 22.6 Å². The van der Waals surface area contributed by atoms with Gasteiger partial charge in [0.2, 0.25) is 0 Å². The Balaban J connectivity index is 2.27. The summed E-state index contributed by atoms with van der Waals surface area (Å²) in [5.41, 5.74) is 3.13. The fourth-order valence-electron chi connectivity index (χ4n) is 2.51. The third-order valence-electron chi connectivity index (χ3n) is 3.36. The average molecular weight is 217 g/mol. The average Bonchev–Trinajstić information content (AvgIpc) is 2.85. The summed E-state index contributed by atoms with van der Waals surface area (Å²) < 4.78 is 1.89. The van der Waals surface area contributed by atoms with E-state index >= 15 is 0 Å². The molecule has 1 fully saturated rings. The molecular formula is C12H15N3O. The summed E-state index contributed by atoms with van der Waals surface area (Å²) in [6, 6.07) is 6.33. The topological polar surface area (TPSA) is 49.8 Å². The lowest BCUT2D eigenvalue weighted by molar-refractivity contribution is 0.546. The van der Waals surface area contributed by atoms with E-state index in [1.165, 1.54) is 0 Å². The predicted molar refractivity (Wildman–Crippen MR) is 63.8 cm³/mol. The number of fused-ring (bicyclic) bond motifs is 1. The second kappa shape index (κ2) is 3.49. The van der Waals surface area contributed by atoms with Crippen LogP contribution in [-0.2, 0) is 0 Å². The van der Waals surface area contributed by atoms with Crippen LogP contribution in [0.4, 0.5) is 0 Å². The van der Waals surface area contributed by atoms with E-state index in [0.29, 0.717) is 6.04 Å². The molecule has 0 spiro atoms. The quantitative estimate of drug-likeness (QED) is 0.753. The van der Waals surface area contributed by atoms with E-state index in [2.05, 4.69) is 10.3 Å². The number of rotatable bonds is 1. The van der Waals surface area contributed by atoms with Crippen LogP contribution in [0.5, 0.6) is 0 Å². The minimum Gasteiger partial charge on any atom is -0.315 e. The zero-order chi connectivity index (χ0) is 11.1. The van der Waals surface area contributed by atoms with Gasteiger partial charge in [-0.2, -0.15) is 0 Å². The molecule has 4 nitrogen and oxygen atoms in total. The number of imidazole rings is 1. The van der Waals surface area contributed by atoms with E-state index in [1.54, 1.807) is 0 Å². The van der Waals surface area contributed by atoms with Crippen LogP contribution in [0.15, 0.2) is 23.0 Å². The lowest BCUT2D eigenvalue weighted by Crippen LogP contribution is -2.23. The van der Waals surface area contributed by atoms with Gasteiger partial charge >= 0.3 is 5.69 Å². The molecule has 1 aliphatic heterocycles. The Bertz CT molecular complexity index is 575. The smallest absolute Gasteiger partial charge is 0.315 e. The van der Waals surface area contributed by atoms with Crippen molar-refractivity contribution in [2.45, 2.75) is 19.4 Å². The van der Waals surface area contributed by atoms with Gasteiger partial charge < -0.3 is 10.3 Å². The molecular weight excluding hydrogens is 202 g/mol. The summed E-state index contributed by atoms with van der Waals surface area (Å²) in [5, 5.41) is 3.29. The van der Waals surface area contributed by atoms with Gasteiger partial charge in [-0.25, -0.2) is 4.79 Å².